The summed E-state index contributed by atoms with van der Waals surface area (Å²) in [5.74, 6) is -2.01. The van der Waals surface area contributed by atoms with Gasteiger partial charge in [0.15, 0.2) is 0 Å². The molecule has 1 aromatic rings. The zero-order chi connectivity index (χ0) is 10.9. The summed E-state index contributed by atoms with van der Waals surface area (Å²) in [5, 5.41) is 17.4. The van der Waals surface area contributed by atoms with E-state index < -0.39 is 11.9 Å². The summed E-state index contributed by atoms with van der Waals surface area (Å²) in [5.41, 5.74) is 1.61. The number of aryl methyl sites for hydroxylation is 1. The molecule has 14 heavy (non-hydrogen) atoms. The molecule has 0 fully saturated rings. The maximum atomic E-state index is 10.8. The summed E-state index contributed by atoms with van der Waals surface area (Å²) in [6.45, 7) is 3.22. The third kappa shape index (κ3) is 1.76. The lowest BCUT2D eigenvalue weighted by molar-refractivity contribution is -0.136. The Morgan fingerprint density at radius 1 is 1.29 bits per heavy atom. The number of aliphatic carboxylic acids is 1. The van der Waals surface area contributed by atoms with Crippen molar-refractivity contribution in [1.82, 2.24) is 4.98 Å². The van der Waals surface area contributed by atoms with Crippen LogP contribution in [0.3, 0.4) is 0 Å². The standard InChI is InChI=1S/C9H11NO4/c1-4-6(3-7(11)12)10-5(2)8(4)9(13)14/h10H,3H2,1-2H3,(H,11,12)(H,13,14). The van der Waals surface area contributed by atoms with Crippen molar-refractivity contribution < 1.29 is 19.8 Å². The molecular formula is C9H11NO4. The molecule has 5 nitrogen and oxygen atoms in total. The molecule has 0 amide bonds. The molecule has 0 aromatic carbocycles. The van der Waals surface area contributed by atoms with Crippen LogP contribution >= 0.6 is 0 Å². The number of carbonyl (C=O) groups is 2. The summed E-state index contributed by atoms with van der Waals surface area (Å²) in [7, 11) is 0. The first-order chi connectivity index (χ1) is 6.43. The highest BCUT2D eigenvalue weighted by Gasteiger charge is 2.18. The summed E-state index contributed by atoms with van der Waals surface area (Å²) < 4.78 is 0. The number of carboxylic acids is 2. The molecule has 0 aliphatic heterocycles. The van der Waals surface area contributed by atoms with Crippen molar-refractivity contribution in [3.8, 4) is 0 Å². The molecule has 0 saturated carbocycles. The monoisotopic (exact) mass is 197 g/mol. The van der Waals surface area contributed by atoms with E-state index in [4.69, 9.17) is 10.2 Å². The van der Waals surface area contributed by atoms with E-state index in [0.29, 0.717) is 17.0 Å². The van der Waals surface area contributed by atoms with Gasteiger partial charge in [-0.3, -0.25) is 4.79 Å². The number of hydrogen-bond donors (Lipinski definition) is 3. The summed E-state index contributed by atoms with van der Waals surface area (Å²) in [6, 6.07) is 0. The third-order valence-corrected chi connectivity index (χ3v) is 2.08. The number of aromatic amines is 1. The lowest BCUT2D eigenvalue weighted by Crippen LogP contribution is -2.03. The second-order valence-corrected chi connectivity index (χ2v) is 3.10. The van der Waals surface area contributed by atoms with Gasteiger partial charge in [0.2, 0.25) is 0 Å². The Balaban J connectivity index is 3.16. The summed E-state index contributed by atoms with van der Waals surface area (Å²) in [6.07, 6.45) is -0.181. The minimum Gasteiger partial charge on any atom is -0.481 e. The average Bonchev–Trinajstić information content (AvgIpc) is 2.25. The van der Waals surface area contributed by atoms with E-state index in [1.54, 1.807) is 13.8 Å². The van der Waals surface area contributed by atoms with E-state index in [9.17, 15) is 9.59 Å². The quantitative estimate of drug-likeness (QED) is 0.673. The molecule has 1 aromatic heterocycles. The molecule has 76 valence electrons. The smallest absolute Gasteiger partial charge is 0.337 e. The van der Waals surface area contributed by atoms with Gasteiger partial charge in [-0.25, -0.2) is 4.79 Å². The molecular weight excluding hydrogens is 186 g/mol. The fourth-order valence-corrected chi connectivity index (χ4v) is 1.46. The van der Waals surface area contributed by atoms with Gasteiger partial charge in [0.25, 0.3) is 0 Å². The molecule has 0 saturated heterocycles. The Morgan fingerprint density at radius 3 is 2.21 bits per heavy atom. The fourth-order valence-electron chi connectivity index (χ4n) is 1.46. The van der Waals surface area contributed by atoms with Gasteiger partial charge in [-0.05, 0) is 19.4 Å². The first kappa shape index (κ1) is 10.3. The van der Waals surface area contributed by atoms with Gasteiger partial charge < -0.3 is 15.2 Å². The van der Waals surface area contributed by atoms with Crippen LogP contribution in [0, 0.1) is 13.8 Å². The van der Waals surface area contributed by atoms with Crippen molar-refractivity contribution in [3.63, 3.8) is 0 Å². The van der Waals surface area contributed by atoms with Gasteiger partial charge in [-0.2, -0.15) is 0 Å². The third-order valence-electron chi connectivity index (χ3n) is 2.08. The largest absolute Gasteiger partial charge is 0.481 e. The minimum atomic E-state index is -1.03. The van der Waals surface area contributed by atoms with Crippen molar-refractivity contribution in [3.05, 3.63) is 22.5 Å². The van der Waals surface area contributed by atoms with Crippen LogP contribution in [0.1, 0.15) is 27.3 Å². The van der Waals surface area contributed by atoms with Crippen LogP contribution in [0.5, 0.6) is 0 Å². The molecule has 1 rings (SSSR count). The lowest BCUT2D eigenvalue weighted by Gasteiger charge is -1.95. The van der Waals surface area contributed by atoms with Gasteiger partial charge in [0, 0.05) is 11.4 Å². The maximum absolute atomic E-state index is 10.8. The van der Waals surface area contributed by atoms with Gasteiger partial charge >= 0.3 is 11.9 Å². The average molecular weight is 197 g/mol. The predicted octanol–water partition coefficient (Wildman–Crippen LogP) is 0.957. The second-order valence-electron chi connectivity index (χ2n) is 3.10. The van der Waals surface area contributed by atoms with E-state index >= 15 is 0 Å². The van der Waals surface area contributed by atoms with Gasteiger partial charge in [-0.15, -0.1) is 0 Å². The van der Waals surface area contributed by atoms with E-state index in [1.807, 2.05) is 0 Å². The molecule has 5 heteroatoms. The maximum Gasteiger partial charge on any atom is 0.337 e. The van der Waals surface area contributed by atoms with E-state index in [2.05, 4.69) is 4.98 Å². The van der Waals surface area contributed by atoms with Crippen molar-refractivity contribution in [2.45, 2.75) is 20.3 Å². The highest BCUT2D eigenvalue weighted by Crippen LogP contribution is 2.18. The van der Waals surface area contributed by atoms with Crippen molar-refractivity contribution in [2.24, 2.45) is 0 Å². The van der Waals surface area contributed by atoms with Crippen LogP contribution in [-0.4, -0.2) is 27.1 Å². The molecule has 0 atom stereocenters. The van der Waals surface area contributed by atoms with E-state index in [1.165, 1.54) is 0 Å². The van der Waals surface area contributed by atoms with E-state index in [0.717, 1.165) is 0 Å². The molecule has 0 aliphatic rings. The van der Waals surface area contributed by atoms with Crippen LogP contribution in [0.25, 0.3) is 0 Å². The highest BCUT2D eigenvalue weighted by atomic mass is 16.4. The molecule has 0 radical (unpaired) electrons. The number of H-pyrrole nitrogens is 1. The Morgan fingerprint density at radius 2 is 1.86 bits per heavy atom. The zero-order valence-corrected chi connectivity index (χ0v) is 7.92. The number of rotatable bonds is 3. The number of carboxylic acid groups (broad SMARTS) is 2. The summed E-state index contributed by atoms with van der Waals surface area (Å²) in [4.78, 5) is 24.0. The van der Waals surface area contributed by atoms with Crippen LogP contribution < -0.4 is 0 Å². The number of aromatic carboxylic acids is 1. The Bertz CT molecular complexity index is 392. The van der Waals surface area contributed by atoms with Gasteiger partial charge in [0.05, 0.1) is 12.0 Å². The normalized spacial score (nSPS) is 10.1. The van der Waals surface area contributed by atoms with Crippen LogP contribution in [0.2, 0.25) is 0 Å². The van der Waals surface area contributed by atoms with Gasteiger partial charge in [-0.1, -0.05) is 0 Å². The van der Waals surface area contributed by atoms with Crippen LogP contribution in [0.4, 0.5) is 0 Å². The van der Waals surface area contributed by atoms with E-state index in [-0.39, 0.29) is 12.0 Å². The molecule has 0 aliphatic carbocycles. The predicted molar refractivity (Wildman–Crippen MR) is 48.6 cm³/mol. The number of aromatic nitrogens is 1. The topological polar surface area (TPSA) is 90.4 Å². The first-order valence-electron chi connectivity index (χ1n) is 4.06. The molecule has 3 N–H and O–H groups in total. The van der Waals surface area contributed by atoms with Crippen molar-refractivity contribution >= 4 is 11.9 Å². The van der Waals surface area contributed by atoms with Crippen LogP contribution in [0.15, 0.2) is 0 Å². The molecule has 0 bridgehead atoms. The number of hydrogen-bond acceptors (Lipinski definition) is 2. The summed E-state index contributed by atoms with van der Waals surface area (Å²) >= 11 is 0. The zero-order valence-electron chi connectivity index (χ0n) is 7.92. The van der Waals surface area contributed by atoms with Gasteiger partial charge in [0.1, 0.15) is 0 Å². The van der Waals surface area contributed by atoms with Crippen LogP contribution in [-0.2, 0) is 11.2 Å². The molecule has 0 spiro atoms. The lowest BCUT2D eigenvalue weighted by atomic mass is 10.1. The Hall–Kier alpha value is -1.78. The van der Waals surface area contributed by atoms with Crippen molar-refractivity contribution in [2.75, 3.05) is 0 Å². The SMILES string of the molecule is Cc1[nH]c(CC(=O)O)c(C)c1C(=O)O. The Labute approximate surface area is 80.4 Å². The molecule has 1 heterocycles. The number of nitrogens with one attached hydrogen (secondary N) is 1. The minimum absolute atomic E-state index is 0.168. The Kier molecular flexibility index (Phi) is 2.60. The first-order valence-corrected chi connectivity index (χ1v) is 4.06. The van der Waals surface area contributed by atoms with Crippen molar-refractivity contribution in [1.29, 1.82) is 0 Å². The highest BCUT2D eigenvalue weighted by molar-refractivity contribution is 5.91. The fraction of sp³-hybridized carbons (Fsp3) is 0.333. The molecule has 0 unspecified atom stereocenters. The second kappa shape index (κ2) is 3.53.